The number of rotatable bonds is 6. The Labute approximate surface area is 98.1 Å². The van der Waals surface area contributed by atoms with E-state index in [9.17, 15) is 4.79 Å². The maximum atomic E-state index is 11.3. The van der Waals surface area contributed by atoms with Gasteiger partial charge in [0.1, 0.15) is 0 Å². The van der Waals surface area contributed by atoms with Crippen LogP contribution < -0.4 is 10.6 Å². The smallest absolute Gasteiger partial charge is 0.221 e. The van der Waals surface area contributed by atoms with Gasteiger partial charge < -0.3 is 15.4 Å². The molecule has 0 radical (unpaired) electrons. The Morgan fingerprint density at radius 1 is 1.38 bits per heavy atom. The van der Waals surface area contributed by atoms with Gasteiger partial charge in [0.05, 0.1) is 0 Å². The van der Waals surface area contributed by atoms with Gasteiger partial charge in [0, 0.05) is 32.2 Å². The Balaban J connectivity index is 1.96. The molecule has 0 aromatic carbocycles. The standard InChI is InChI=1S/C12H24N2O2/c1-10(2)14-12(15)3-6-13-9-11-4-7-16-8-5-11/h10-11,13H,3-9H2,1-2H3,(H,14,15). The van der Waals surface area contributed by atoms with Crippen LogP contribution >= 0.6 is 0 Å². The van der Waals surface area contributed by atoms with Crippen LogP contribution in [0.5, 0.6) is 0 Å². The minimum absolute atomic E-state index is 0.134. The van der Waals surface area contributed by atoms with Gasteiger partial charge in [-0.2, -0.15) is 0 Å². The lowest BCUT2D eigenvalue weighted by molar-refractivity contribution is -0.121. The van der Waals surface area contributed by atoms with Crippen molar-refractivity contribution in [1.29, 1.82) is 0 Å². The van der Waals surface area contributed by atoms with Crippen LogP contribution in [0.3, 0.4) is 0 Å². The van der Waals surface area contributed by atoms with Gasteiger partial charge in [-0.3, -0.25) is 4.79 Å². The summed E-state index contributed by atoms with van der Waals surface area (Å²) in [5.41, 5.74) is 0. The molecule has 1 fully saturated rings. The quantitative estimate of drug-likeness (QED) is 0.665. The molecule has 0 spiro atoms. The largest absolute Gasteiger partial charge is 0.381 e. The molecule has 1 amide bonds. The Hall–Kier alpha value is -0.610. The third kappa shape index (κ3) is 6.08. The lowest BCUT2D eigenvalue weighted by Gasteiger charge is -2.22. The topological polar surface area (TPSA) is 50.4 Å². The fraction of sp³-hybridized carbons (Fsp3) is 0.917. The molecular formula is C12H24N2O2. The van der Waals surface area contributed by atoms with Crippen molar-refractivity contribution in [3.63, 3.8) is 0 Å². The third-order valence-electron chi connectivity index (χ3n) is 2.75. The zero-order valence-corrected chi connectivity index (χ0v) is 10.4. The van der Waals surface area contributed by atoms with Gasteiger partial charge in [0.25, 0.3) is 0 Å². The van der Waals surface area contributed by atoms with Crippen LogP contribution in [-0.4, -0.2) is 38.3 Å². The fourth-order valence-corrected chi connectivity index (χ4v) is 1.85. The van der Waals surface area contributed by atoms with E-state index in [1.807, 2.05) is 13.8 Å². The van der Waals surface area contributed by atoms with Gasteiger partial charge in [0.2, 0.25) is 5.91 Å². The van der Waals surface area contributed by atoms with Crippen LogP contribution in [0.4, 0.5) is 0 Å². The maximum absolute atomic E-state index is 11.3. The summed E-state index contributed by atoms with van der Waals surface area (Å²) < 4.78 is 5.30. The molecule has 0 aromatic rings. The van der Waals surface area contributed by atoms with E-state index < -0.39 is 0 Å². The molecule has 4 heteroatoms. The first-order valence-corrected chi connectivity index (χ1v) is 6.26. The van der Waals surface area contributed by atoms with Crippen LogP contribution in [0.1, 0.15) is 33.1 Å². The van der Waals surface area contributed by atoms with Gasteiger partial charge >= 0.3 is 0 Å². The Bertz CT molecular complexity index is 201. The number of amides is 1. The predicted octanol–water partition coefficient (Wildman–Crippen LogP) is 0.917. The Morgan fingerprint density at radius 3 is 2.69 bits per heavy atom. The summed E-state index contributed by atoms with van der Waals surface area (Å²) >= 11 is 0. The molecule has 4 nitrogen and oxygen atoms in total. The third-order valence-corrected chi connectivity index (χ3v) is 2.75. The first-order valence-electron chi connectivity index (χ1n) is 6.26. The molecule has 0 unspecified atom stereocenters. The van der Waals surface area contributed by atoms with E-state index >= 15 is 0 Å². The highest BCUT2D eigenvalue weighted by molar-refractivity contribution is 5.76. The van der Waals surface area contributed by atoms with Crippen LogP contribution in [0.25, 0.3) is 0 Å². The highest BCUT2D eigenvalue weighted by Crippen LogP contribution is 2.12. The zero-order valence-electron chi connectivity index (χ0n) is 10.4. The Morgan fingerprint density at radius 2 is 2.06 bits per heavy atom. The minimum atomic E-state index is 0.134. The highest BCUT2D eigenvalue weighted by atomic mass is 16.5. The second-order valence-electron chi connectivity index (χ2n) is 4.73. The average molecular weight is 228 g/mol. The van der Waals surface area contributed by atoms with Crippen molar-refractivity contribution in [2.45, 2.75) is 39.2 Å². The van der Waals surface area contributed by atoms with Gasteiger partial charge in [-0.1, -0.05) is 0 Å². The van der Waals surface area contributed by atoms with Gasteiger partial charge in [-0.05, 0) is 39.2 Å². The molecule has 16 heavy (non-hydrogen) atoms. The van der Waals surface area contributed by atoms with Crippen LogP contribution in [0.2, 0.25) is 0 Å². The molecule has 0 atom stereocenters. The molecule has 1 rings (SSSR count). The number of hydrogen-bond acceptors (Lipinski definition) is 3. The molecule has 1 heterocycles. The minimum Gasteiger partial charge on any atom is -0.381 e. The molecule has 1 aliphatic rings. The van der Waals surface area contributed by atoms with E-state index in [-0.39, 0.29) is 11.9 Å². The molecule has 94 valence electrons. The summed E-state index contributed by atoms with van der Waals surface area (Å²) in [5, 5.41) is 6.23. The second kappa shape index (κ2) is 7.63. The molecule has 0 bridgehead atoms. The Kier molecular flexibility index (Phi) is 6.42. The van der Waals surface area contributed by atoms with E-state index in [1.165, 1.54) is 0 Å². The van der Waals surface area contributed by atoms with Crippen LogP contribution in [-0.2, 0) is 9.53 Å². The van der Waals surface area contributed by atoms with Crippen molar-refractivity contribution in [2.75, 3.05) is 26.3 Å². The predicted molar refractivity (Wildman–Crippen MR) is 64.3 cm³/mol. The van der Waals surface area contributed by atoms with Crippen molar-refractivity contribution < 1.29 is 9.53 Å². The van der Waals surface area contributed by atoms with Crippen LogP contribution in [0.15, 0.2) is 0 Å². The van der Waals surface area contributed by atoms with Crippen molar-refractivity contribution in [3.05, 3.63) is 0 Å². The number of carbonyl (C=O) groups excluding carboxylic acids is 1. The summed E-state index contributed by atoms with van der Waals surface area (Å²) in [6.45, 7) is 7.52. The SMILES string of the molecule is CC(C)NC(=O)CCNCC1CCOCC1. The fourth-order valence-electron chi connectivity index (χ4n) is 1.85. The van der Waals surface area contributed by atoms with Crippen molar-refractivity contribution >= 4 is 5.91 Å². The van der Waals surface area contributed by atoms with Gasteiger partial charge in [-0.25, -0.2) is 0 Å². The summed E-state index contributed by atoms with van der Waals surface area (Å²) in [4.78, 5) is 11.3. The number of hydrogen-bond donors (Lipinski definition) is 2. The summed E-state index contributed by atoms with van der Waals surface area (Å²) in [7, 11) is 0. The van der Waals surface area contributed by atoms with E-state index in [1.54, 1.807) is 0 Å². The normalized spacial score (nSPS) is 17.7. The van der Waals surface area contributed by atoms with E-state index in [4.69, 9.17) is 4.74 Å². The lowest BCUT2D eigenvalue weighted by Crippen LogP contribution is -2.34. The molecule has 0 aromatic heterocycles. The second-order valence-corrected chi connectivity index (χ2v) is 4.73. The van der Waals surface area contributed by atoms with Crippen LogP contribution in [0, 0.1) is 5.92 Å². The summed E-state index contributed by atoms with van der Waals surface area (Å²) in [6, 6.07) is 0.239. The molecule has 1 saturated heterocycles. The number of ether oxygens (including phenoxy) is 1. The van der Waals surface area contributed by atoms with E-state index in [0.717, 1.165) is 45.1 Å². The molecule has 1 aliphatic heterocycles. The van der Waals surface area contributed by atoms with E-state index in [0.29, 0.717) is 6.42 Å². The highest BCUT2D eigenvalue weighted by Gasteiger charge is 2.13. The lowest BCUT2D eigenvalue weighted by atomic mass is 10.0. The summed E-state index contributed by atoms with van der Waals surface area (Å²) in [6.07, 6.45) is 2.86. The number of nitrogens with one attached hydrogen (secondary N) is 2. The molecular weight excluding hydrogens is 204 g/mol. The van der Waals surface area contributed by atoms with Crippen molar-refractivity contribution in [3.8, 4) is 0 Å². The van der Waals surface area contributed by atoms with Crippen molar-refractivity contribution in [1.82, 2.24) is 10.6 Å². The van der Waals surface area contributed by atoms with Crippen molar-refractivity contribution in [2.24, 2.45) is 5.92 Å². The zero-order chi connectivity index (χ0) is 11.8. The first-order chi connectivity index (χ1) is 7.68. The monoisotopic (exact) mass is 228 g/mol. The van der Waals surface area contributed by atoms with E-state index in [2.05, 4.69) is 10.6 Å². The summed E-state index contributed by atoms with van der Waals surface area (Å²) in [5.74, 6) is 0.858. The first kappa shape index (κ1) is 13.5. The number of carbonyl (C=O) groups is 1. The molecule has 2 N–H and O–H groups in total. The molecule has 0 saturated carbocycles. The van der Waals surface area contributed by atoms with Gasteiger partial charge in [0.15, 0.2) is 0 Å². The van der Waals surface area contributed by atoms with Gasteiger partial charge in [-0.15, -0.1) is 0 Å². The average Bonchev–Trinajstić information content (AvgIpc) is 2.25. The molecule has 0 aliphatic carbocycles. The maximum Gasteiger partial charge on any atom is 0.221 e.